The highest BCUT2D eigenvalue weighted by Gasteiger charge is 2.51. The van der Waals surface area contributed by atoms with Gasteiger partial charge in [-0.3, -0.25) is 18.6 Å². The largest absolute Gasteiger partial charge is 0.472 e. The number of hydrogen-bond acceptors (Lipinski definition) is 14. The first-order chi connectivity index (χ1) is 31.2. The molecule has 65 heavy (non-hydrogen) atoms. The third kappa shape index (κ3) is 30.6. The highest BCUT2D eigenvalue weighted by Crippen LogP contribution is 2.47. The first-order valence-corrected chi connectivity index (χ1v) is 24.8. The van der Waals surface area contributed by atoms with Crippen molar-refractivity contribution < 1.29 is 73.3 Å². The SMILES string of the molecule is CC/C=C\C[C@@H](O)/C=C/C=C\C/C=C\C=C\[C@@H](O)/C=C\CCCC(=O)OC[C@H](COP(=O)(O)OC1[C@H](O)[C@H](O)C(O)[C@H](O)[C@H]1O)OC(=O)CCCCCCC/C=C\C/C=C\CCCCC. The molecule has 16 heteroatoms. The van der Waals surface area contributed by atoms with Crippen molar-refractivity contribution in [2.75, 3.05) is 13.2 Å². The van der Waals surface area contributed by atoms with Crippen molar-refractivity contribution in [3.05, 3.63) is 97.2 Å². The fourth-order valence-electron chi connectivity index (χ4n) is 6.29. The molecule has 0 aromatic carbocycles. The number of rotatable bonds is 36. The Morgan fingerprint density at radius 1 is 0.585 bits per heavy atom. The van der Waals surface area contributed by atoms with Crippen LogP contribution in [0.5, 0.6) is 0 Å². The molecule has 0 amide bonds. The van der Waals surface area contributed by atoms with Crippen molar-refractivity contribution in [3.63, 3.8) is 0 Å². The molecule has 1 rings (SSSR count). The van der Waals surface area contributed by atoms with E-state index in [-0.39, 0.29) is 12.8 Å². The summed E-state index contributed by atoms with van der Waals surface area (Å²) in [6, 6.07) is 0. The quantitative estimate of drug-likeness (QED) is 0.0104. The maximum absolute atomic E-state index is 12.8. The van der Waals surface area contributed by atoms with E-state index in [2.05, 4.69) is 31.2 Å². The molecule has 0 saturated heterocycles. The van der Waals surface area contributed by atoms with E-state index >= 15 is 0 Å². The van der Waals surface area contributed by atoms with Gasteiger partial charge in [-0.15, -0.1) is 0 Å². The maximum Gasteiger partial charge on any atom is 0.472 e. The minimum absolute atomic E-state index is 0.0281. The molecule has 0 aromatic heterocycles. The first kappa shape index (κ1) is 59.7. The van der Waals surface area contributed by atoms with Gasteiger partial charge in [-0.05, 0) is 70.6 Å². The molecule has 0 radical (unpaired) electrons. The minimum atomic E-state index is -5.18. The summed E-state index contributed by atoms with van der Waals surface area (Å²) in [6.45, 7) is 2.89. The molecule has 0 bridgehead atoms. The fraction of sp³-hybridized carbons (Fsp3) is 0.633. The summed E-state index contributed by atoms with van der Waals surface area (Å²) in [4.78, 5) is 35.7. The van der Waals surface area contributed by atoms with E-state index in [1.54, 1.807) is 42.5 Å². The molecule has 3 unspecified atom stereocenters. The summed E-state index contributed by atoms with van der Waals surface area (Å²) in [5.74, 6) is -1.31. The van der Waals surface area contributed by atoms with Crippen LogP contribution in [-0.2, 0) is 32.7 Å². The maximum atomic E-state index is 12.8. The Kier molecular flexibility index (Phi) is 34.7. The zero-order chi connectivity index (χ0) is 48.1. The van der Waals surface area contributed by atoms with Crippen LogP contribution >= 0.6 is 7.82 Å². The average Bonchev–Trinajstić information content (AvgIpc) is 3.28. The van der Waals surface area contributed by atoms with Crippen LogP contribution in [0.25, 0.3) is 0 Å². The van der Waals surface area contributed by atoms with Gasteiger partial charge in [0, 0.05) is 12.8 Å². The number of unbranched alkanes of at least 4 members (excludes halogenated alkanes) is 9. The van der Waals surface area contributed by atoms with Crippen LogP contribution in [0.4, 0.5) is 0 Å². The summed E-state index contributed by atoms with van der Waals surface area (Å²) >= 11 is 0. The van der Waals surface area contributed by atoms with Crippen molar-refractivity contribution >= 4 is 19.8 Å². The molecule has 8 N–H and O–H groups in total. The summed E-state index contributed by atoms with van der Waals surface area (Å²) in [5.41, 5.74) is 0. The highest BCUT2D eigenvalue weighted by molar-refractivity contribution is 7.47. The number of ether oxygens (including phenoxy) is 2. The molecule has 0 aliphatic heterocycles. The van der Waals surface area contributed by atoms with Crippen LogP contribution in [-0.4, -0.2) is 121 Å². The monoisotopic (exact) mass is 939 g/mol. The smallest absolute Gasteiger partial charge is 0.462 e. The second-order valence-corrected chi connectivity index (χ2v) is 17.3. The van der Waals surface area contributed by atoms with Crippen molar-refractivity contribution in [1.29, 1.82) is 0 Å². The standard InChI is InChI=1S/C49H79O15P/c1-3-5-7-8-9-10-11-12-13-14-15-16-20-23-29-36-43(53)63-41(38-62-65(59,60)64-49-47(57)45(55)44(54)46(56)48(49)58)37-61-42(52)35-30-24-28-34-40(51)33-27-22-19-17-18-21-26-32-39(50)31-25-6-4-2/h6,9-10,12-13,18-19,21-22,25-28,32-34,39-41,44-51,54-58H,3-5,7-8,11,14-17,20,23-24,29-31,35-38H2,1-2H3,(H,59,60)/b10-9-,13-12-,21-18-,22-19-,25-6-,32-26+,33-27+,34-28-/t39-,40-,41-,44?,45-,46+,47-,48-,49?/m1/s1. The Morgan fingerprint density at radius 3 is 1.82 bits per heavy atom. The van der Waals surface area contributed by atoms with Crippen LogP contribution in [0.3, 0.4) is 0 Å². The number of carbonyl (C=O) groups is 2. The van der Waals surface area contributed by atoms with Crippen molar-refractivity contribution in [2.24, 2.45) is 0 Å². The molecule has 0 aromatic rings. The van der Waals surface area contributed by atoms with E-state index in [0.29, 0.717) is 32.1 Å². The van der Waals surface area contributed by atoms with Gasteiger partial charge in [0.25, 0.3) is 0 Å². The Balaban J connectivity index is 2.58. The van der Waals surface area contributed by atoms with Gasteiger partial charge in [0.1, 0.15) is 43.2 Å². The van der Waals surface area contributed by atoms with Gasteiger partial charge < -0.3 is 50.1 Å². The number of hydrogen-bond donors (Lipinski definition) is 8. The lowest BCUT2D eigenvalue weighted by atomic mass is 9.85. The van der Waals surface area contributed by atoms with Crippen molar-refractivity contribution in [1.82, 2.24) is 0 Å². The fourth-order valence-corrected chi connectivity index (χ4v) is 7.26. The summed E-state index contributed by atoms with van der Waals surface area (Å²) in [6.07, 6.45) is 29.5. The Bertz CT molecular complexity index is 1540. The number of esters is 2. The number of phosphoric acid groups is 1. The summed E-state index contributed by atoms with van der Waals surface area (Å²) in [5, 5.41) is 70.2. The van der Waals surface area contributed by atoms with E-state index in [1.165, 1.54) is 19.3 Å². The van der Waals surface area contributed by atoms with Gasteiger partial charge in [0.15, 0.2) is 6.10 Å². The molecule has 1 saturated carbocycles. The van der Waals surface area contributed by atoms with Crippen LogP contribution < -0.4 is 0 Å². The minimum Gasteiger partial charge on any atom is -0.462 e. The molecular weight excluding hydrogens is 859 g/mol. The molecular formula is C49H79O15P. The van der Waals surface area contributed by atoms with E-state index < -0.39 is 87.9 Å². The van der Waals surface area contributed by atoms with Crippen LogP contribution in [0.2, 0.25) is 0 Å². The summed E-state index contributed by atoms with van der Waals surface area (Å²) < 4.78 is 33.4. The molecule has 10 atom stereocenters. The topological polar surface area (TPSA) is 250 Å². The number of carbonyl (C=O) groups excluding carboxylic acids is 2. The number of aliphatic hydroxyl groups excluding tert-OH is 7. The number of phosphoric ester groups is 1. The van der Waals surface area contributed by atoms with Crippen LogP contribution in [0, 0.1) is 0 Å². The predicted molar refractivity (Wildman–Crippen MR) is 251 cm³/mol. The first-order valence-electron chi connectivity index (χ1n) is 23.3. The number of aliphatic hydroxyl groups is 7. The Morgan fingerprint density at radius 2 is 1.15 bits per heavy atom. The van der Waals surface area contributed by atoms with E-state index in [4.69, 9.17) is 18.5 Å². The van der Waals surface area contributed by atoms with E-state index in [0.717, 1.165) is 51.4 Å². The zero-order valence-corrected chi connectivity index (χ0v) is 39.4. The lowest BCUT2D eigenvalue weighted by molar-refractivity contribution is -0.220. The second-order valence-electron chi connectivity index (χ2n) is 15.9. The lowest BCUT2D eigenvalue weighted by Crippen LogP contribution is -2.64. The lowest BCUT2D eigenvalue weighted by Gasteiger charge is -2.41. The van der Waals surface area contributed by atoms with Gasteiger partial charge in [-0.2, -0.15) is 0 Å². The molecule has 0 spiro atoms. The Labute approximate surface area is 386 Å². The summed E-state index contributed by atoms with van der Waals surface area (Å²) in [7, 11) is -5.18. The average molecular weight is 939 g/mol. The second kappa shape index (κ2) is 37.7. The molecule has 1 aliphatic rings. The van der Waals surface area contributed by atoms with Crippen molar-refractivity contribution in [2.45, 2.75) is 184 Å². The van der Waals surface area contributed by atoms with E-state index in [9.17, 15) is 54.8 Å². The third-order valence-corrected chi connectivity index (χ3v) is 11.1. The van der Waals surface area contributed by atoms with Gasteiger partial charge >= 0.3 is 19.8 Å². The molecule has 15 nitrogen and oxygen atoms in total. The third-order valence-electron chi connectivity index (χ3n) is 10.1. The highest BCUT2D eigenvalue weighted by atomic mass is 31.2. The predicted octanol–water partition coefficient (Wildman–Crippen LogP) is 6.99. The normalized spacial score (nSPS) is 23.3. The zero-order valence-electron chi connectivity index (χ0n) is 38.5. The van der Waals surface area contributed by atoms with Crippen molar-refractivity contribution in [3.8, 4) is 0 Å². The molecule has 0 heterocycles. The Hall–Kier alpha value is -3.31. The van der Waals surface area contributed by atoms with Gasteiger partial charge in [0.2, 0.25) is 0 Å². The van der Waals surface area contributed by atoms with Crippen LogP contribution in [0.1, 0.15) is 129 Å². The number of allylic oxidation sites excluding steroid dienone is 12. The van der Waals surface area contributed by atoms with Gasteiger partial charge in [-0.25, -0.2) is 4.57 Å². The van der Waals surface area contributed by atoms with Gasteiger partial charge in [0.05, 0.1) is 18.8 Å². The molecule has 1 aliphatic carbocycles. The van der Waals surface area contributed by atoms with Crippen LogP contribution in [0.15, 0.2) is 97.2 Å². The molecule has 1 fully saturated rings. The van der Waals surface area contributed by atoms with E-state index in [1.807, 2.05) is 37.3 Å². The molecule has 370 valence electrons. The van der Waals surface area contributed by atoms with Gasteiger partial charge in [-0.1, -0.05) is 143 Å².